The van der Waals surface area contributed by atoms with E-state index in [1.807, 2.05) is 24.7 Å². The molecule has 0 atom stereocenters. The standard InChI is InChI=1S/C9H17N3S/c1-8(2,3)12-6-7(10-11-12)9(4,5)13/h6,13H,1-5H3. The summed E-state index contributed by atoms with van der Waals surface area (Å²) < 4.78 is 1.64. The summed E-state index contributed by atoms with van der Waals surface area (Å²) in [6.45, 7) is 10.3. The van der Waals surface area contributed by atoms with Crippen molar-refractivity contribution < 1.29 is 0 Å². The zero-order valence-electron chi connectivity index (χ0n) is 8.87. The van der Waals surface area contributed by atoms with Crippen molar-refractivity contribution in [3.63, 3.8) is 0 Å². The molecule has 1 aromatic heterocycles. The summed E-state index contributed by atoms with van der Waals surface area (Å²) in [6, 6.07) is 0. The first kappa shape index (κ1) is 10.6. The largest absolute Gasteiger partial charge is 0.247 e. The maximum Gasteiger partial charge on any atom is 0.0979 e. The van der Waals surface area contributed by atoms with Gasteiger partial charge in [0.1, 0.15) is 0 Å². The third-order valence-electron chi connectivity index (χ3n) is 1.81. The van der Waals surface area contributed by atoms with Gasteiger partial charge in [-0.3, -0.25) is 0 Å². The van der Waals surface area contributed by atoms with Gasteiger partial charge in [0.25, 0.3) is 0 Å². The minimum Gasteiger partial charge on any atom is -0.247 e. The lowest BCUT2D eigenvalue weighted by Gasteiger charge is -2.18. The molecule has 0 unspecified atom stereocenters. The van der Waals surface area contributed by atoms with Gasteiger partial charge in [-0.05, 0) is 34.6 Å². The van der Waals surface area contributed by atoms with E-state index in [9.17, 15) is 0 Å². The van der Waals surface area contributed by atoms with Crippen LogP contribution in [-0.2, 0) is 10.3 Å². The molecule has 1 aromatic rings. The smallest absolute Gasteiger partial charge is 0.0979 e. The first-order valence-electron chi connectivity index (χ1n) is 4.37. The second kappa shape index (κ2) is 3.01. The second-order valence-corrected chi connectivity index (χ2v) is 5.90. The van der Waals surface area contributed by atoms with Crippen molar-refractivity contribution in [1.82, 2.24) is 15.0 Å². The molecule has 0 aliphatic carbocycles. The van der Waals surface area contributed by atoms with Crippen LogP contribution in [0.2, 0.25) is 0 Å². The van der Waals surface area contributed by atoms with Crippen LogP contribution in [0.4, 0.5) is 0 Å². The van der Waals surface area contributed by atoms with Gasteiger partial charge in [-0.1, -0.05) is 5.21 Å². The van der Waals surface area contributed by atoms with Gasteiger partial charge in [-0.15, -0.1) is 5.10 Å². The third kappa shape index (κ3) is 2.46. The van der Waals surface area contributed by atoms with E-state index in [2.05, 4.69) is 43.7 Å². The van der Waals surface area contributed by atoms with E-state index in [-0.39, 0.29) is 10.3 Å². The fraction of sp³-hybridized carbons (Fsp3) is 0.778. The number of nitrogens with zero attached hydrogens (tertiary/aromatic N) is 3. The molecule has 0 radical (unpaired) electrons. The Kier molecular flexibility index (Phi) is 2.45. The first-order chi connectivity index (χ1) is 5.71. The average Bonchev–Trinajstić information content (AvgIpc) is 2.28. The Morgan fingerprint density at radius 1 is 1.23 bits per heavy atom. The highest BCUT2D eigenvalue weighted by atomic mass is 32.1. The van der Waals surface area contributed by atoms with Crippen LogP contribution in [0.15, 0.2) is 6.20 Å². The molecule has 3 nitrogen and oxygen atoms in total. The van der Waals surface area contributed by atoms with E-state index in [0.717, 1.165) is 5.69 Å². The topological polar surface area (TPSA) is 30.7 Å². The summed E-state index contributed by atoms with van der Waals surface area (Å²) >= 11 is 4.44. The van der Waals surface area contributed by atoms with Gasteiger partial charge in [0.05, 0.1) is 22.2 Å². The Bertz CT molecular complexity index is 262. The quantitative estimate of drug-likeness (QED) is 0.703. The Morgan fingerprint density at radius 3 is 2.00 bits per heavy atom. The summed E-state index contributed by atoms with van der Waals surface area (Å²) in [6.07, 6.45) is 1.95. The zero-order chi connectivity index (χ0) is 10.3. The predicted molar refractivity (Wildman–Crippen MR) is 57.0 cm³/mol. The molecule has 1 heterocycles. The van der Waals surface area contributed by atoms with E-state index in [4.69, 9.17) is 0 Å². The van der Waals surface area contributed by atoms with Crippen molar-refractivity contribution in [2.45, 2.75) is 44.9 Å². The second-order valence-electron chi connectivity index (χ2n) is 4.78. The van der Waals surface area contributed by atoms with Crippen molar-refractivity contribution in [2.75, 3.05) is 0 Å². The highest BCUT2D eigenvalue weighted by Gasteiger charge is 2.22. The molecule has 0 bridgehead atoms. The zero-order valence-corrected chi connectivity index (χ0v) is 9.76. The monoisotopic (exact) mass is 199 g/mol. The van der Waals surface area contributed by atoms with Gasteiger partial charge >= 0.3 is 0 Å². The van der Waals surface area contributed by atoms with E-state index < -0.39 is 0 Å². The van der Waals surface area contributed by atoms with Crippen LogP contribution in [-0.4, -0.2) is 15.0 Å². The van der Waals surface area contributed by atoms with Crippen molar-refractivity contribution in [3.8, 4) is 0 Å². The van der Waals surface area contributed by atoms with Gasteiger partial charge in [0.15, 0.2) is 0 Å². The predicted octanol–water partition coefficient (Wildman–Crippen LogP) is 2.20. The molecule has 0 aromatic carbocycles. The van der Waals surface area contributed by atoms with Crippen molar-refractivity contribution in [1.29, 1.82) is 0 Å². The lowest BCUT2D eigenvalue weighted by Crippen LogP contribution is -2.22. The van der Waals surface area contributed by atoms with Crippen LogP contribution >= 0.6 is 12.6 Å². The van der Waals surface area contributed by atoms with E-state index in [1.54, 1.807) is 0 Å². The molecule has 0 N–H and O–H groups in total. The van der Waals surface area contributed by atoms with Gasteiger partial charge in [0, 0.05) is 0 Å². The van der Waals surface area contributed by atoms with Gasteiger partial charge in [-0.25, -0.2) is 4.68 Å². The van der Waals surface area contributed by atoms with Crippen LogP contribution in [0.5, 0.6) is 0 Å². The summed E-state index contributed by atoms with van der Waals surface area (Å²) in [5, 5.41) is 8.16. The molecule has 0 saturated heterocycles. The molecule has 0 fully saturated rings. The maximum atomic E-state index is 4.44. The Hall–Kier alpha value is -0.510. The van der Waals surface area contributed by atoms with Crippen LogP contribution in [0, 0.1) is 0 Å². The molecule has 0 aliphatic heterocycles. The SMILES string of the molecule is CC(C)(S)c1cn(C(C)(C)C)nn1. The van der Waals surface area contributed by atoms with Crippen molar-refractivity contribution in [3.05, 3.63) is 11.9 Å². The fourth-order valence-electron chi connectivity index (χ4n) is 0.872. The molecule has 0 spiro atoms. The highest BCUT2D eigenvalue weighted by molar-refractivity contribution is 7.81. The molecule has 74 valence electrons. The van der Waals surface area contributed by atoms with E-state index >= 15 is 0 Å². The fourth-order valence-corrected chi connectivity index (χ4v) is 0.974. The number of hydrogen-bond donors (Lipinski definition) is 1. The summed E-state index contributed by atoms with van der Waals surface area (Å²) in [5.74, 6) is 0. The first-order valence-corrected chi connectivity index (χ1v) is 4.81. The number of aromatic nitrogens is 3. The molecule has 0 amide bonds. The minimum absolute atomic E-state index is 0.00965. The molecular weight excluding hydrogens is 182 g/mol. The number of thiol groups is 1. The van der Waals surface area contributed by atoms with Crippen LogP contribution < -0.4 is 0 Å². The Labute approximate surface area is 84.9 Å². The highest BCUT2D eigenvalue weighted by Crippen LogP contribution is 2.25. The maximum absolute atomic E-state index is 4.44. The number of rotatable bonds is 1. The minimum atomic E-state index is -0.219. The Balaban J connectivity index is 3.01. The molecule has 0 saturated carbocycles. The molecule has 0 aliphatic rings. The van der Waals surface area contributed by atoms with Gasteiger partial charge in [0.2, 0.25) is 0 Å². The van der Waals surface area contributed by atoms with Crippen molar-refractivity contribution in [2.24, 2.45) is 0 Å². The van der Waals surface area contributed by atoms with Crippen LogP contribution in [0.25, 0.3) is 0 Å². The van der Waals surface area contributed by atoms with Crippen LogP contribution in [0.1, 0.15) is 40.3 Å². The van der Waals surface area contributed by atoms with Gasteiger partial charge < -0.3 is 0 Å². The normalized spacial score (nSPS) is 13.4. The Morgan fingerprint density at radius 2 is 1.77 bits per heavy atom. The third-order valence-corrected chi connectivity index (χ3v) is 2.04. The summed E-state index contributed by atoms with van der Waals surface area (Å²) in [5.41, 5.74) is 0.898. The molecular formula is C9H17N3S. The van der Waals surface area contributed by atoms with E-state index in [1.165, 1.54) is 0 Å². The van der Waals surface area contributed by atoms with E-state index in [0.29, 0.717) is 0 Å². The molecule has 13 heavy (non-hydrogen) atoms. The lowest BCUT2D eigenvalue weighted by atomic mass is 10.1. The molecule has 4 heteroatoms. The summed E-state index contributed by atoms with van der Waals surface area (Å²) in [4.78, 5) is 0. The lowest BCUT2D eigenvalue weighted by molar-refractivity contribution is 0.347. The van der Waals surface area contributed by atoms with Crippen LogP contribution in [0.3, 0.4) is 0 Å². The van der Waals surface area contributed by atoms with Crippen molar-refractivity contribution >= 4 is 12.6 Å². The number of hydrogen-bond acceptors (Lipinski definition) is 3. The van der Waals surface area contributed by atoms with Gasteiger partial charge in [-0.2, -0.15) is 12.6 Å². The summed E-state index contributed by atoms with van der Waals surface area (Å²) in [7, 11) is 0. The average molecular weight is 199 g/mol. The molecule has 1 rings (SSSR count).